The molecule has 6 nitrogen and oxygen atoms in total. The van der Waals surface area contributed by atoms with E-state index >= 15 is 0 Å². The Kier molecular flexibility index (Phi) is 2.78. The normalized spacial score (nSPS) is 15.6. The summed E-state index contributed by atoms with van der Waals surface area (Å²) in [6, 6.07) is 4.21. The van der Waals surface area contributed by atoms with Gasteiger partial charge in [-0.1, -0.05) is 0 Å². The molecule has 0 saturated heterocycles. The first kappa shape index (κ1) is 12.1. The number of carbonyl (C=O) groups is 3. The molecule has 0 fully saturated rings. The number of imide groups is 1. The van der Waals surface area contributed by atoms with E-state index in [1.165, 1.54) is 7.05 Å². The number of anilines is 1. The number of carbonyl (C=O) groups excluding carboxylic acids is 3. The quantitative estimate of drug-likeness (QED) is 0.746. The number of nitrogens with two attached hydrogens (primary N) is 1. The van der Waals surface area contributed by atoms with Gasteiger partial charge in [0.25, 0.3) is 11.8 Å². The number of nitrogens with one attached hydrogen (secondary N) is 1. The summed E-state index contributed by atoms with van der Waals surface area (Å²) in [7, 11) is 1.43. The summed E-state index contributed by atoms with van der Waals surface area (Å²) in [5.41, 5.74) is 6.43. The first-order chi connectivity index (χ1) is 8.41. The summed E-state index contributed by atoms with van der Waals surface area (Å²) in [5.74, 6) is -1.15. The van der Waals surface area contributed by atoms with Crippen molar-refractivity contribution in [3.8, 4) is 0 Å². The molecule has 18 heavy (non-hydrogen) atoms. The van der Waals surface area contributed by atoms with E-state index < -0.39 is 11.9 Å². The fourth-order valence-corrected chi connectivity index (χ4v) is 1.77. The number of hydrogen-bond acceptors (Lipinski definition) is 4. The summed E-state index contributed by atoms with van der Waals surface area (Å²) in [5, 5.41) is 2.86. The highest BCUT2D eigenvalue weighted by Crippen LogP contribution is 2.24. The lowest BCUT2D eigenvalue weighted by atomic mass is 10.1. The molecule has 94 valence electrons. The Balaban J connectivity index is 2.32. The molecule has 1 heterocycles. The van der Waals surface area contributed by atoms with Crippen LogP contribution in [0.25, 0.3) is 0 Å². The zero-order chi connectivity index (χ0) is 13.4. The molecule has 0 aliphatic carbocycles. The van der Waals surface area contributed by atoms with Crippen molar-refractivity contribution in [2.45, 2.75) is 13.0 Å². The number of nitrogens with zero attached hydrogens (tertiary/aromatic N) is 1. The number of fused-ring (bicyclic) bond motifs is 1. The Morgan fingerprint density at radius 3 is 2.50 bits per heavy atom. The van der Waals surface area contributed by atoms with Crippen molar-refractivity contribution in [1.29, 1.82) is 0 Å². The maximum Gasteiger partial charge on any atom is 0.261 e. The van der Waals surface area contributed by atoms with E-state index in [-0.39, 0.29) is 11.8 Å². The molecule has 2 rings (SSSR count). The van der Waals surface area contributed by atoms with Crippen LogP contribution in [0.4, 0.5) is 5.69 Å². The lowest BCUT2D eigenvalue weighted by Crippen LogP contribution is -2.32. The lowest BCUT2D eigenvalue weighted by molar-refractivity contribution is -0.118. The lowest BCUT2D eigenvalue weighted by Gasteiger charge is -2.11. The first-order valence-corrected chi connectivity index (χ1v) is 5.44. The van der Waals surface area contributed by atoms with Gasteiger partial charge in [0.2, 0.25) is 5.91 Å². The van der Waals surface area contributed by atoms with Crippen molar-refractivity contribution < 1.29 is 14.4 Å². The third-order valence-electron chi connectivity index (χ3n) is 2.90. The molecule has 6 heteroatoms. The topological polar surface area (TPSA) is 92.5 Å². The molecule has 1 aromatic carbocycles. The summed E-state index contributed by atoms with van der Waals surface area (Å²) in [6.45, 7) is 1.62. The fourth-order valence-electron chi connectivity index (χ4n) is 1.77. The third kappa shape index (κ3) is 1.81. The minimum Gasteiger partial charge on any atom is -0.374 e. The predicted molar refractivity (Wildman–Crippen MR) is 65.1 cm³/mol. The number of benzene rings is 1. The Bertz CT molecular complexity index is 553. The van der Waals surface area contributed by atoms with Crippen molar-refractivity contribution in [3.05, 3.63) is 29.3 Å². The second kappa shape index (κ2) is 4.14. The van der Waals surface area contributed by atoms with Gasteiger partial charge in [-0.25, -0.2) is 0 Å². The number of hydrogen-bond donors (Lipinski definition) is 2. The summed E-state index contributed by atoms with van der Waals surface area (Å²) >= 11 is 0. The molecule has 0 bridgehead atoms. The maximum atomic E-state index is 11.8. The van der Waals surface area contributed by atoms with Crippen LogP contribution in [0.15, 0.2) is 18.2 Å². The Hall–Kier alpha value is -2.37. The third-order valence-corrected chi connectivity index (χ3v) is 2.90. The van der Waals surface area contributed by atoms with Gasteiger partial charge in [0.15, 0.2) is 0 Å². The van der Waals surface area contributed by atoms with Gasteiger partial charge in [-0.15, -0.1) is 0 Å². The molecular weight excluding hydrogens is 234 g/mol. The largest absolute Gasteiger partial charge is 0.374 e. The first-order valence-electron chi connectivity index (χ1n) is 5.44. The molecule has 1 aliphatic heterocycles. The second-order valence-corrected chi connectivity index (χ2v) is 4.20. The molecule has 1 unspecified atom stereocenters. The van der Waals surface area contributed by atoms with Crippen LogP contribution in [0, 0.1) is 0 Å². The predicted octanol–water partition coefficient (Wildman–Crippen LogP) is 0.198. The van der Waals surface area contributed by atoms with Crippen molar-refractivity contribution >= 4 is 23.4 Å². The van der Waals surface area contributed by atoms with Gasteiger partial charge in [-0.2, -0.15) is 0 Å². The van der Waals surface area contributed by atoms with Crippen LogP contribution in [0.1, 0.15) is 27.6 Å². The zero-order valence-electron chi connectivity index (χ0n) is 10.1. The highest BCUT2D eigenvalue weighted by Gasteiger charge is 2.32. The Labute approximate surface area is 104 Å². The van der Waals surface area contributed by atoms with E-state index in [1.807, 2.05) is 0 Å². The maximum absolute atomic E-state index is 11.8. The minimum absolute atomic E-state index is 0.315. The van der Waals surface area contributed by atoms with E-state index in [9.17, 15) is 14.4 Å². The van der Waals surface area contributed by atoms with Crippen LogP contribution in [-0.4, -0.2) is 35.7 Å². The SMILES string of the molecule is CC(Nc1ccc2c(c1)C(=O)N(C)C2=O)C(N)=O. The Morgan fingerprint density at radius 2 is 1.89 bits per heavy atom. The molecule has 0 radical (unpaired) electrons. The summed E-state index contributed by atoms with van der Waals surface area (Å²) < 4.78 is 0. The standard InChI is InChI=1S/C12H13N3O3/c1-6(10(13)16)14-7-3-4-8-9(5-7)12(18)15(2)11(8)17/h3-6,14H,1-2H3,(H2,13,16). The van der Waals surface area contributed by atoms with Crippen molar-refractivity contribution in [2.75, 3.05) is 12.4 Å². The van der Waals surface area contributed by atoms with Crippen molar-refractivity contribution in [3.63, 3.8) is 0 Å². The number of primary amides is 1. The van der Waals surface area contributed by atoms with E-state index in [0.717, 1.165) is 4.90 Å². The highest BCUT2D eigenvalue weighted by molar-refractivity contribution is 6.21. The molecule has 1 aliphatic rings. The van der Waals surface area contributed by atoms with Crippen LogP contribution >= 0.6 is 0 Å². The monoisotopic (exact) mass is 247 g/mol. The Morgan fingerprint density at radius 1 is 1.28 bits per heavy atom. The van der Waals surface area contributed by atoms with Gasteiger partial charge < -0.3 is 11.1 Å². The summed E-state index contributed by atoms with van der Waals surface area (Å²) in [6.07, 6.45) is 0. The molecule has 1 atom stereocenters. The van der Waals surface area contributed by atoms with Gasteiger partial charge >= 0.3 is 0 Å². The van der Waals surface area contributed by atoms with Crippen molar-refractivity contribution in [1.82, 2.24) is 4.90 Å². The van der Waals surface area contributed by atoms with Crippen molar-refractivity contribution in [2.24, 2.45) is 5.73 Å². The van der Waals surface area contributed by atoms with Gasteiger partial charge in [-0.05, 0) is 25.1 Å². The molecule has 3 amide bonds. The molecule has 0 aromatic heterocycles. The molecule has 3 N–H and O–H groups in total. The fraction of sp³-hybridized carbons (Fsp3) is 0.250. The molecule has 1 aromatic rings. The van der Waals surface area contributed by atoms with Crippen LogP contribution in [0.5, 0.6) is 0 Å². The van der Waals surface area contributed by atoms with Crippen LogP contribution in [0.2, 0.25) is 0 Å². The van der Waals surface area contributed by atoms with Crippen LogP contribution in [-0.2, 0) is 4.79 Å². The van der Waals surface area contributed by atoms with Gasteiger partial charge in [0, 0.05) is 12.7 Å². The smallest absolute Gasteiger partial charge is 0.261 e. The van der Waals surface area contributed by atoms with E-state index in [0.29, 0.717) is 16.8 Å². The highest BCUT2D eigenvalue weighted by atomic mass is 16.2. The molecule has 0 spiro atoms. The van der Waals surface area contributed by atoms with E-state index in [1.54, 1.807) is 25.1 Å². The van der Waals surface area contributed by atoms with Gasteiger partial charge in [-0.3, -0.25) is 19.3 Å². The van der Waals surface area contributed by atoms with E-state index in [4.69, 9.17) is 5.73 Å². The summed E-state index contributed by atoms with van der Waals surface area (Å²) in [4.78, 5) is 35.4. The van der Waals surface area contributed by atoms with Crippen LogP contribution in [0.3, 0.4) is 0 Å². The average molecular weight is 247 g/mol. The molecular formula is C12H13N3O3. The second-order valence-electron chi connectivity index (χ2n) is 4.20. The minimum atomic E-state index is -0.548. The average Bonchev–Trinajstić information content (AvgIpc) is 2.54. The zero-order valence-corrected chi connectivity index (χ0v) is 10.1. The van der Waals surface area contributed by atoms with Gasteiger partial charge in [0.1, 0.15) is 6.04 Å². The van der Waals surface area contributed by atoms with E-state index in [2.05, 4.69) is 5.32 Å². The number of amides is 3. The van der Waals surface area contributed by atoms with Crippen LogP contribution < -0.4 is 11.1 Å². The number of rotatable bonds is 3. The van der Waals surface area contributed by atoms with Gasteiger partial charge in [0.05, 0.1) is 11.1 Å². The molecule has 0 saturated carbocycles.